The van der Waals surface area contributed by atoms with Gasteiger partial charge in [0.2, 0.25) is 0 Å². The summed E-state index contributed by atoms with van der Waals surface area (Å²) in [7, 11) is -2.99. The highest BCUT2D eigenvalue weighted by Crippen LogP contribution is 2.20. The lowest BCUT2D eigenvalue weighted by molar-refractivity contribution is 0.558. The minimum absolute atomic E-state index is 0.0503. The second-order valence-electron chi connectivity index (χ2n) is 4.17. The lowest BCUT2D eigenvalue weighted by Gasteiger charge is -2.14. The number of hydrogen-bond acceptors (Lipinski definition) is 3. The van der Waals surface area contributed by atoms with Crippen molar-refractivity contribution in [2.45, 2.75) is 18.0 Å². The number of sulfone groups is 1. The zero-order valence-corrected chi connectivity index (χ0v) is 11.4. The quantitative estimate of drug-likeness (QED) is 0.865. The molecule has 1 aromatic carbocycles. The minimum Gasteiger partial charge on any atom is -0.307 e. The largest absolute Gasteiger partial charge is 0.307 e. The van der Waals surface area contributed by atoms with E-state index >= 15 is 0 Å². The summed E-state index contributed by atoms with van der Waals surface area (Å²) in [5, 5.41) is 3.46. The van der Waals surface area contributed by atoms with Gasteiger partial charge in [-0.2, -0.15) is 0 Å². The van der Waals surface area contributed by atoms with Crippen LogP contribution >= 0.6 is 23.2 Å². The Morgan fingerprint density at radius 1 is 1.29 bits per heavy atom. The molecule has 0 spiro atoms. The molecule has 1 aliphatic rings. The first-order chi connectivity index (χ1) is 7.98. The highest BCUT2D eigenvalue weighted by molar-refractivity contribution is 7.91. The third-order valence-corrected chi connectivity index (χ3v) is 5.54. The van der Waals surface area contributed by atoms with Gasteiger partial charge in [-0.25, -0.2) is 8.42 Å². The first kappa shape index (κ1) is 13.1. The van der Waals surface area contributed by atoms with Crippen LogP contribution < -0.4 is 5.32 Å². The maximum Gasteiger partial charge on any atom is 0.153 e. The fourth-order valence-electron chi connectivity index (χ4n) is 1.87. The molecule has 1 N–H and O–H groups in total. The Bertz CT molecular complexity index is 504. The van der Waals surface area contributed by atoms with Crippen LogP contribution in [-0.4, -0.2) is 31.3 Å². The Morgan fingerprint density at radius 3 is 2.59 bits per heavy atom. The summed E-state index contributed by atoms with van der Waals surface area (Å²) in [6.45, 7) is 0.531. The van der Waals surface area contributed by atoms with Gasteiger partial charge < -0.3 is 5.32 Å². The highest BCUT2D eigenvalue weighted by atomic mass is 35.5. The molecule has 3 nitrogen and oxygen atoms in total. The van der Waals surface area contributed by atoms with Gasteiger partial charge in [-0.15, -0.1) is 11.6 Å². The van der Waals surface area contributed by atoms with E-state index in [4.69, 9.17) is 23.2 Å². The molecule has 2 rings (SSSR count). The summed E-state index contributed by atoms with van der Waals surface area (Å²) in [6.07, 6.45) is 0. The Labute approximate surface area is 111 Å². The van der Waals surface area contributed by atoms with Crippen LogP contribution in [0.25, 0.3) is 0 Å². The summed E-state index contributed by atoms with van der Waals surface area (Å²) in [5.41, 5.74) is 0.947. The maximum atomic E-state index is 11.4. The monoisotopic (exact) mass is 293 g/mol. The van der Waals surface area contributed by atoms with E-state index in [0.717, 1.165) is 5.56 Å². The molecule has 94 valence electrons. The molecule has 2 atom stereocenters. The third kappa shape index (κ3) is 3.35. The van der Waals surface area contributed by atoms with Gasteiger partial charge in [-0.3, -0.25) is 0 Å². The van der Waals surface area contributed by atoms with Crippen molar-refractivity contribution in [1.29, 1.82) is 0 Å². The van der Waals surface area contributed by atoms with Crippen molar-refractivity contribution >= 4 is 33.0 Å². The summed E-state index contributed by atoms with van der Waals surface area (Å²) in [5.74, 6) is 0.153. The molecule has 1 heterocycles. The van der Waals surface area contributed by atoms with Crippen molar-refractivity contribution < 1.29 is 8.42 Å². The molecule has 0 amide bonds. The molecular weight excluding hydrogens is 281 g/mol. The zero-order chi connectivity index (χ0) is 12.5. The Hall–Kier alpha value is -0.290. The van der Waals surface area contributed by atoms with Gasteiger partial charge in [0, 0.05) is 17.6 Å². The van der Waals surface area contributed by atoms with E-state index in [2.05, 4.69) is 5.32 Å². The first-order valence-electron chi connectivity index (χ1n) is 5.29. The summed E-state index contributed by atoms with van der Waals surface area (Å²) < 4.78 is 22.8. The minimum atomic E-state index is -2.99. The zero-order valence-electron chi connectivity index (χ0n) is 9.07. The lowest BCUT2D eigenvalue weighted by Crippen LogP contribution is -2.35. The molecule has 1 aromatic rings. The molecule has 0 aromatic heterocycles. The van der Waals surface area contributed by atoms with Crippen LogP contribution in [0.5, 0.6) is 0 Å². The number of benzene rings is 1. The van der Waals surface area contributed by atoms with Crippen LogP contribution in [-0.2, 0) is 16.4 Å². The number of hydrogen-bond donors (Lipinski definition) is 1. The molecule has 0 radical (unpaired) electrons. The summed E-state index contributed by atoms with van der Waals surface area (Å²) in [6, 6.07) is 7.27. The average molecular weight is 294 g/mol. The van der Waals surface area contributed by atoms with E-state index in [9.17, 15) is 8.42 Å². The van der Waals surface area contributed by atoms with Crippen molar-refractivity contribution in [2.75, 3.05) is 11.5 Å². The highest BCUT2D eigenvalue weighted by Gasteiger charge is 2.35. The second kappa shape index (κ2) is 5.14. The van der Waals surface area contributed by atoms with Crippen molar-refractivity contribution in [3.8, 4) is 0 Å². The molecule has 0 bridgehead atoms. The molecule has 0 saturated carbocycles. The molecule has 1 saturated heterocycles. The molecular formula is C11H13Cl2NO2S. The van der Waals surface area contributed by atoms with Crippen LogP contribution in [0.4, 0.5) is 0 Å². The SMILES string of the molecule is O=S1(=O)C[C@@H](Cl)[C@@H](NCc2ccccc2Cl)C1. The molecule has 0 unspecified atom stereocenters. The number of alkyl halides is 1. The van der Waals surface area contributed by atoms with E-state index in [1.54, 1.807) is 0 Å². The predicted molar refractivity (Wildman–Crippen MR) is 70.4 cm³/mol. The van der Waals surface area contributed by atoms with Gasteiger partial charge >= 0.3 is 0 Å². The fourth-order valence-corrected chi connectivity index (χ4v) is 4.69. The molecule has 17 heavy (non-hydrogen) atoms. The first-order valence-corrected chi connectivity index (χ1v) is 7.93. The Morgan fingerprint density at radius 2 is 2.00 bits per heavy atom. The van der Waals surface area contributed by atoms with Crippen molar-refractivity contribution in [2.24, 2.45) is 0 Å². The Balaban J connectivity index is 1.98. The normalized spacial score (nSPS) is 27.2. The Kier molecular flexibility index (Phi) is 3.98. The number of nitrogens with one attached hydrogen (secondary N) is 1. The third-order valence-electron chi connectivity index (χ3n) is 2.80. The molecule has 1 fully saturated rings. The van der Waals surface area contributed by atoms with Crippen LogP contribution in [0.2, 0.25) is 5.02 Å². The van der Waals surface area contributed by atoms with E-state index in [0.29, 0.717) is 11.6 Å². The fraction of sp³-hybridized carbons (Fsp3) is 0.455. The maximum absolute atomic E-state index is 11.4. The second-order valence-corrected chi connectivity index (χ2v) is 7.29. The topological polar surface area (TPSA) is 46.2 Å². The summed E-state index contributed by atoms with van der Waals surface area (Å²) in [4.78, 5) is 0. The van der Waals surface area contributed by atoms with E-state index in [1.165, 1.54) is 0 Å². The van der Waals surface area contributed by atoms with Crippen LogP contribution in [0.15, 0.2) is 24.3 Å². The lowest BCUT2D eigenvalue weighted by atomic mass is 10.2. The van der Waals surface area contributed by atoms with Gasteiger partial charge in [0.25, 0.3) is 0 Å². The number of rotatable bonds is 3. The van der Waals surface area contributed by atoms with Gasteiger partial charge in [0.05, 0.1) is 16.9 Å². The summed E-state index contributed by atoms with van der Waals surface area (Å²) >= 11 is 12.0. The van der Waals surface area contributed by atoms with E-state index in [1.807, 2.05) is 24.3 Å². The van der Waals surface area contributed by atoms with Crippen molar-refractivity contribution in [3.05, 3.63) is 34.9 Å². The number of halogens is 2. The van der Waals surface area contributed by atoms with Crippen molar-refractivity contribution in [3.63, 3.8) is 0 Å². The van der Waals surface area contributed by atoms with Crippen LogP contribution in [0.3, 0.4) is 0 Å². The molecule has 6 heteroatoms. The molecule has 1 aliphatic heterocycles. The standard InChI is InChI=1S/C11H13Cl2NO2S/c12-9-4-2-1-3-8(9)5-14-11-7-17(15,16)6-10(11)13/h1-4,10-11,14H,5-7H2/t10-,11+/m1/s1. The van der Waals surface area contributed by atoms with Gasteiger partial charge in [-0.1, -0.05) is 29.8 Å². The predicted octanol–water partition coefficient (Wildman–Crippen LogP) is 1.83. The smallest absolute Gasteiger partial charge is 0.153 e. The molecule has 0 aliphatic carbocycles. The van der Waals surface area contributed by atoms with E-state index in [-0.39, 0.29) is 22.9 Å². The van der Waals surface area contributed by atoms with Gasteiger partial charge in [0.1, 0.15) is 0 Å². The van der Waals surface area contributed by atoms with Crippen LogP contribution in [0, 0.1) is 0 Å². The van der Waals surface area contributed by atoms with Gasteiger partial charge in [-0.05, 0) is 11.6 Å². The van der Waals surface area contributed by atoms with E-state index < -0.39 is 9.84 Å². The van der Waals surface area contributed by atoms with Crippen molar-refractivity contribution in [1.82, 2.24) is 5.32 Å². The average Bonchev–Trinajstić information content (AvgIpc) is 2.51. The van der Waals surface area contributed by atoms with Crippen LogP contribution in [0.1, 0.15) is 5.56 Å². The van der Waals surface area contributed by atoms with Gasteiger partial charge in [0.15, 0.2) is 9.84 Å².